The lowest BCUT2D eigenvalue weighted by molar-refractivity contribution is -0.121. The van der Waals surface area contributed by atoms with Crippen LogP contribution in [0.4, 0.5) is 0 Å². The molecule has 3 aromatic rings. The molecule has 2 heterocycles. The molecule has 1 amide bonds. The van der Waals surface area contributed by atoms with Crippen molar-refractivity contribution in [1.29, 1.82) is 0 Å². The van der Waals surface area contributed by atoms with Crippen LogP contribution >= 0.6 is 0 Å². The highest BCUT2D eigenvalue weighted by atomic mass is 16.5. The second kappa shape index (κ2) is 7.57. The Bertz CT molecular complexity index is 847. The van der Waals surface area contributed by atoms with E-state index >= 15 is 0 Å². The first kappa shape index (κ1) is 16.6. The van der Waals surface area contributed by atoms with Crippen molar-refractivity contribution in [3.63, 3.8) is 0 Å². The standard InChI is InChI=1S/C18H19N5O2/c1-12(17-21-18(23-22-17)14-6-4-8-19-11-14)20-16(24)10-13-5-3-7-15(9-13)25-2/h3-9,11-12H,10H2,1-2H3,(H,20,24)(H,21,22,23). The van der Waals surface area contributed by atoms with Gasteiger partial charge in [-0.2, -0.15) is 5.10 Å². The zero-order valence-electron chi connectivity index (χ0n) is 14.1. The third-order valence-corrected chi connectivity index (χ3v) is 3.71. The van der Waals surface area contributed by atoms with Gasteiger partial charge in [0, 0.05) is 18.0 Å². The van der Waals surface area contributed by atoms with Crippen molar-refractivity contribution in [3.05, 3.63) is 60.2 Å². The molecule has 0 aliphatic heterocycles. The number of pyridine rings is 1. The third kappa shape index (κ3) is 4.20. The summed E-state index contributed by atoms with van der Waals surface area (Å²) in [6.45, 7) is 1.86. The Morgan fingerprint density at radius 1 is 1.32 bits per heavy atom. The molecule has 1 aromatic carbocycles. The highest BCUT2D eigenvalue weighted by Gasteiger charge is 2.15. The van der Waals surface area contributed by atoms with Crippen molar-refractivity contribution in [3.8, 4) is 17.1 Å². The Morgan fingerprint density at radius 2 is 2.20 bits per heavy atom. The van der Waals surface area contributed by atoms with E-state index in [2.05, 4.69) is 25.5 Å². The van der Waals surface area contributed by atoms with E-state index in [9.17, 15) is 4.79 Å². The maximum Gasteiger partial charge on any atom is 0.225 e. The largest absolute Gasteiger partial charge is 0.497 e. The van der Waals surface area contributed by atoms with Crippen molar-refractivity contribution in [2.24, 2.45) is 0 Å². The van der Waals surface area contributed by atoms with Gasteiger partial charge in [-0.25, -0.2) is 4.98 Å². The van der Waals surface area contributed by atoms with Crippen LogP contribution in [0.3, 0.4) is 0 Å². The quantitative estimate of drug-likeness (QED) is 0.720. The number of amides is 1. The Kier molecular flexibility index (Phi) is 5.03. The van der Waals surface area contributed by atoms with Gasteiger partial charge < -0.3 is 10.1 Å². The van der Waals surface area contributed by atoms with Crippen LogP contribution in [-0.4, -0.2) is 33.2 Å². The fourth-order valence-corrected chi connectivity index (χ4v) is 2.42. The molecule has 0 radical (unpaired) electrons. The zero-order valence-corrected chi connectivity index (χ0v) is 14.1. The second-order valence-electron chi connectivity index (χ2n) is 5.60. The van der Waals surface area contributed by atoms with Crippen LogP contribution in [-0.2, 0) is 11.2 Å². The van der Waals surface area contributed by atoms with Gasteiger partial charge in [0.15, 0.2) is 5.82 Å². The van der Waals surface area contributed by atoms with Gasteiger partial charge in [-0.3, -0.25) is 14.9 Å². The number of rotatable bonds is 6. The first-order valence-corrected chi connectivity index (χ1v) is 7.90. The molecule has 3 rings (SSSR count). The SMILES string of the molecule is COc1cccc(CC(=O)NC(C)c2nc(-c3cccnc3)n[nH]2)c1. The maximum absolute atomic E-state index is 12.2. The van der Waals surface area contributed by atoms with Gasteiger partial charge >= 0.3 is 0 Å². The summed E-state index contributed by atoms with van der Waals surface area (Å²) in [6.07, 6.45) is 3.66. The van der Waals surface area contributed by atoms with E-state index in [0.29, 0.717) is 11.6 Å². The zero-order chi connectivity index (χ0) is 17.6. The minimum absolute atomic E-state index is 0.0971. The minimum atomic E-state index is -0.281. The van der Waals surface area contributed by atoms with Crippen molar-refractivity contribution < 1.29 is 9.53 Å². The molecule has 0 saturated heterocycles. The van der Waals surface area contributed by atoms with Gasteiger partial charge in [-0.05, 0) is 36.8 Å². The summed E-state index contributed by atoms with van der Waals surface area (Å²) >= 11 is 0. The molecule has 1 atom stereocenters. The van der Waals surface area contributed by atoms with Crippen molar-refractivity contribution in [2.75, 3.05) is 7.11 Å². The molecule has 2 aromatic heterocycles. The number of hydrogen-bond donors (Lipinski definition) is 2. The summed E-state index contributed by atoms with van der Waals surface area (Å²) < 4.78 is 5.17. The Labute approximate surface area is 145 Å². The average molecular weight is 337 g/mol. The van der Waals surface area contributed by atoms with Gasteiger partial charge in [-0.15, -0.1) is 0 Å². The molecule has 0 spiro atoms. The number of benzene rings is 1. The number of hydrogen-bond acceptors (Lipinski definition) is 5. The van der Waals surface area contributed by atoms with Crippen molar-refractivity contribution >= 4 is 5.91 Å². The molecular formula is C18H19N5O2. The van der Waals surface area contributed by atoms with E-state index in [-0.39, 0.29) is 18.4 Å². The molecule has 0 saturated carbocycles. The number of ether oxygens (including phenoxy) is 1. The molecule has 7 heteroatoms. The summed E-state index contributed by atoms with van der Waals surface area (Å²) in [5.41, 5.74) is 1.71. The van der Waals surface area contributed by atoms with Crippen molar-refractivity contribution in [2.45, 2.75) is 19.4 Å². The van der Waals surface area contributed by atoms with Crippen LogP contribution in [0.5, 0.6) is 5.75 Å². The minimum Gasteiger partial charge on any atom is -0.497 e. The number of aromatic amines is 1. The lowest BCUT2D eigenvalue weighted by Crippen LogP contribution is -2.28. The number of methoxy groups -OCH3 is 1. The summed E-state index contributed by atoms with van der Waals surface area (Å²) in [7, 11) is 1.60. The first-order valence-electron chi connectivity index (χ1n) is 7.90. The summed E-state index contributed by atoms with van der Waals surface area (Å²) in [5.74, 6) is 1.78. The third-order valence-electron chi connectivity index (χ3n) is 3.71. The van der Waals surface area contributed by atoms with E-state index in [1.165, 1.54) is 0 Å². The fraction of sp³-hybridized carbons (Fsp3) is 0.222. The highest BCUT2D eigenvalue weighted by molar-refractivity contribution is 5.79. The molecule has 25 heavy (non-hydrogen) atoms. The van der Waals surface area contributed by atoms with Crippen LogP contribution < -0.4 is 10.1 Å². The number of nitrogens with one attached hydrogen (secondary N) is 2. The van der Waals surface area contributed by atoms with Gasteiger partial charge in [-0.1, -0.05) is 12.1 Å². The van der Waals surface area contributed by atoms with Crippen LogP contribution in [0.2, 0.25) is 0 Å². The van der Waals surface area contributed by atoms with E-state index in [0.717, 1.165) is 16.9 Å². The van der Waals surface area contributed by atoms with Crippen molar-refractivity contribution in [1.82, 2.24) is 25.5 Å². The molecule has 1 unspecified atom stereocenters. The average Bonchev–Trinajstić information content (AvgIpc) is 3.13. The van der Waals surface area contributed by atoms with Crippen LogP contribution in [0, 0.1) is 0 Å². The summed E-state index contributed by atoms with van der Waals surface area (Å²) in [5, 5.41) is 9.96. The first-order chi connectivity index (χ1) is 12.2. The molecule has 7 nitrogen and oxygen atoms in total. The molecule has 0 fully saturated rings. The van der Waals surface area contributed by atoms with E-state index in [1.807, 2.05) is 43.3 Å². The topological polar surface area (TPSA) is 92.8 Å². The molecule has 0 aliphatic rings. The Morgan fingerprint density at radius 3 is 2.96 bits per heavy atom. The smallest absolute Gasteiger partial charge is 0.225 e. The number of H-pyrrole nitrogens is 1. The predicted molar refractivity (Wildman–Crippen MR) is 92.9 cm³/mol. The van der Waals surface area contributed by atoms with E-state index in [1.54, 1.807) is 19.5 Å². The van der Waals surface area contributed by atoms with Gasteiger partial charge in [0.25, 0.3) is 0 Å². The Hall–Kier alpha value is -3.22. The second-order valence-corrected chi connectivity index (χ2v) is 5.60. The summed E-state index contributed by atoms with van der Waals surface area (Å²) in [4.78, 5) is 20.7. The number of nitrogens with zero attached hydrogens (tertiary/aromatic N) is 3. The lowest BCUT2D eigenvalue weighted by atomic mass is 10.1. The number of aromatic nitrogens is 4. The normalized spacial score (nSPS) is 11.8. The fourth-order valence-electron chi connectivity index (χ4n) is 2.42. The van der Waals surface area contributed by atoms with Crippen LogP contribution in [0.15, 0.2) is 48.8 Å². The molecular weight excluding hydrogens is 318 g/mol. The van der Waals surface area contributed by atoms with Gasteiger partial charge in [0.05, 0.1) is 19.6 Å². The Balaban J connectivity index is 1.63. The van der Waals surface area contributed by atoms with Crippen LogP contribution in [0.25, 0.3) is 11.4 Å². The summed E-state index contributed by atoms with van der Waals surface area (Å²) in [6, 6.07) is 10.9. The molecule has 0 aliphatic carbocycles. The van der Waals surface area contributed by atoms with E-state index < -0.39 is 0 Å². The van der Waals surface area contributed by atoms with Gasteiger partial charge in [0.2, 0.25) is 5.91 Å². The highest BCUT2D eigenvalue weighted by Crippen LogP contribution is 2.16. The number of carbonyl (C=O) groups is 1. The predicted octanol–water partition coefficient (Wildman–Crippen LogP) is 2.30. The lowest BCUT2D eigenvalue weighted by Gasteiger charge is -2.11. The monoisotopic (exact) mass is 337 g/mol. The van der Waals surface area contributed by atoms with E-state index in [4.69, 9.17) is 4.74 Å². The van der Waals surface area contributed by atoms with Gasteiger partial charge in [0.1, 0.15) is 11.6 Å². The molecule has 0 bridgehead atoms. The van der Waals surface area contributed by atoms with Crippen LogP contribution in [0.1, 0.15) is 24.4 Å². The molecule has 2 N–H and O–H groups in total. The molecule has 128 valence electrons. The maximum atomic E-state index is 12.2. The number of carbonyl (C=O) groups excluding carboxylic acids is 1.